The van der Waals surface area contributed by atoms with E-state index in [9.17, 15) is 30.0 Å². The number of benzene rings is 2. The van der Waals surface area contributed by atoms with E-state index in [1.54, 1.807) is 21.9 Å². The van der Waals surface area contributed by atoms with Gasteiger partial charge in [-0.15, -0.1) is 0 Å². The van der Waals surface area contributed by atoms with Gasteiger partial charge in [0.15, 0.2) is 0 Å². The molecule has 0 heterocycles. The fourth-order valence-electron chi connectivity index (χ4n) is 3.04. The fraction of sp³-hybridized carbons (Fsp3) is 0.300. The van der Waals surface area contributed by atoms with Gasteiger partial charge in [-0.1, -0.05) is 0 Å². The molecule has 0 unspecified atom stereocenters. The van der Waals surface area contributed by atoms with E-state index in [1.807, 2.05) is 0 Å². The molecular formula is C20H26N4O6. The van der Waals surface area contributed by atoms with Gasteiger partial charge in [0.05, 0.1) is 13.1 Å². The minimum absolute atomic E-state index is 0.00772. The van der Waals surface area contributed by atoms with Gasteiger partial charge in [0.1, 0.15) is 11.5 Å². The molecule has 10 nitrogen and oxygen atoms in total. The van der Waals surface area contributed by atoms with Gasteiger partial charge in [0.25, 0.3) is 0 Å². The quantitative estimate of drug-likeness (QED) is 0.225. The van der Waals surface area contributed by atoms with Crippen molar-refractivity contribution in [3.05, 3.63) is 47.5 Å². The lowest BCUT2D eigenvalue weighted by Crippen LogP contribution is -2.39. The lowest BCUT2D eigenvalue weighted by Gasteiger charge is -2.26. The molecule has 0 aliphatic carbocycles. The van der Waals surface area contributed by atoms with E-state index in [4.69, 9.17) is 11.5 Å². The van der Waals surface area contributed by atoms with Crippen LogP contribution in [0.4, 0.5) is 11.4 Å². The third-order valence-corrected chi connectivity index (χ3v) is 4.45. The van der Waals surface area contributed by atoms with Crippen LogP contribution in [0.5, 0.6) is 11.5 Å². The molecule has 2 aromatic rings. The molecule has 2 rings (SSSR count). The smallest absolute Gasteiger partial charge is 0.317 e. The number of phenols is 2. The van der Waals surface area contributed by atoms with Crippen LogP contribution in [0.25, 0.3) is 0 Å². The second kappa shape index (κ2) is 10.3. The van der Waals surface area contributed by atoms with Crippen molar-refractivity contribution >= 4 is 23.3 Å². The molecule has 0 saturated heterocycles. The zero-order valence-electron chi connectivity index (χ0n) is 16.4. The van der Waals surface area contributed by atoms with E-state index in [0.717, 1.165) is 0 Å². The van der Waals surface area contributed by atoms with Crippen LogP contribution in [0, 0.1) is 0 Å². The minimum atomic E-state index is -1.06. The largest absolute Gasteiger partial charge is 0.508 e. The number of carboxylic acid groups (broad SMARTS) is 2. The van der Waals surface area contributed by atoms with Gasteiger partial charge >= 0.3 is 11.9 Å². The normalized spacial score (nSPS) is 11.1. The van der Waals surface area contributed by atoms with E-state index in [0.29, 0.717) is 22.5 Å². The molecule has 0 saturated carbocycles. The molecule has 30 heavy (non-hydrogen) atoms. The van der Waals surface area contributed by atoms with E-state index >= 15 is 0 Å². The van der Waals surface area contributed by atoms with E-state index in [-0.39, 0.29) is 50.8 Å². The van der Waals surface area contributed by atoms with Crippen molar-refractivity contribution in [2.45, 2.75) is 13.1 Å². The molecule has 0 fully saturated rings. The highest BCUT2D eigenvalue weighted by Gasteiger charge is 2.17. The summed E-state index contributed by atoms with van der Waals surface area (Å²) in [5.74, 6) is -2.13. The Labute approximate surface area is 173 Å². The monoisotopic (exact) mass is 418 g/mol. The Morgan fingerprint density at radius 2 is 1.10 bits per heavy atom. The number of aromatic hydroxyl groups is 2. The van der Waals surface area contributed by atoms with Crippen molar-refractivity contribution < 1.29 is 30.0 Å². The summed E-state index contributed by atoms with van der Waals surface area (Å²) in [4.78, 5) is 25.6. The Hall–Kier alpha value is -3.50. The minimum Gasteiger partial charge on any atom is -0.508 e. The summed E-state index contributed by atoms with van der Waals surface area (Å²) < 4.78 is 0. The standard InChI is InChI=1S/C20H26N4O6/c21-15-1-3-17(25)13(7-15)9-23(11-19(27)28)5-6-24(12-20(29)30)10-14-8-16(22)2-4-18(14)26/h1-4,7-8,25-26H,5-6,9-12,21-22H2,(H,27,28)(H,29,30). The summed E-state index contributed by atoms with van der Waals surface area (Å²) in [5.41, 5.74) is 13.3. The highest BCUT2D eigenvalue weighted by molar-refractivity contribution is 5.69. The SMILES string of the molecule is Nc1ccc(O)c(CN(CCN(CC(=O)O)Cc2cc(N)ccc2O)CC(=O)O)c1. The first kappa shape index (κ1) is 22.8. The van der Waals surface area contributed by atoms with Gasteiger partial charge in [-0.2, -0.15) is 0 Å². The summed E-state index contributed by atoms with van der Waals surface area (Å²) in [6, 6.07) is 9.06. The number of carbonyl (C=O) groups is 2. The van der Waals surface area contributed by atoms with E-state index in [1.165, 1.54) is 24.3 Å². The average molecular weight is 418 g/mol. The van der Waals surface area contributed by atoms with Crippen LogP contribution >= 0.6 is 0 Å². The lowest BCUT2D eigenvalue weighted by atomic mass is 10.1. The molecular weight excluding hydrogens is 392 g/mol. The molecule has 0 amide bonds. The Balaban J connectivity index is 2.13. The summed E-state index contributed by atoms with van der Waals surface area (Å²) >= 11 is 0. The fourth-order valence-corrected chi connectivity index (χ4v) is 3.04. The van der Waals surface area contributed by atoms with Crippen molar-refractivity contribution in [1.82, 2.24) is 9.80 Å². The molecule has 10 heteroatoms. The van der Waals surface area contributed by atoms with Crippen LogP contribution in [0.2, 0.25) is 0 Å². The molecule has 0 spiro atoms. The number of aliphatic carboxylic acids is 2. The third kappa shape index (κ3) is 7.15. The Bertz CT molecular complexity index is 831. The molecule has 0 aromatic heterocycles. The van der Waals surface area contributed by atoms with Crippen LogP contribution in [-0.4, -0.2) is 68.3 Å². The molecule has 0 radical (unpaired) electrons. The van der Waals surface area contributed by atoms with Crippen LogP contribution in [0.3, 0.4) is 0 Å². The molecule has 0 atom stereocenters. The summed E-state index contributed by atoms with van der Waals surface area (Å²) in [7, 11) is 0. The van der Waals surface area contributed by atoms with Crippen LogP contribution in [-0.2, 0) is 22.7 Å². The molecule has 0 bridgehead atoms. The van der Waals surface area contributed by atoms with Crippen molar-refractivity contribution in [2.75, 3.05) is 37.6 Å². The highest BCUT2D eigenvalue weighted by atomic mass is 16.4. The predicted molar refractivity (Wildman–Crippen MR) is 111 cm³/mol. The first-order valence-corrected chi connectivity index (χ1v) is 9.17. The summed E-state index contributed by atoms with van der Waals surface area (Å²) in [6.07, 6.45) is 0. The Morgan fingerprint density at radius 1 is 0.733 bits per heavy atom. The van der Waals surface area contributed by atoms with Gasteiger partial charge in [-0.3, -0.25) is 19.4 Å². The number of carboxylic acids is 2. The summed E-state index contributed by atoms with van der Waals surface area (Å²) in [6.45, 7) is 0.0341. The van der Waals surface area contributed by atoms with Crippen molar-refractivity contribution in [1.29, 1.82) is 0 Å². The van der Waals surface area contributed by atoms with Gasteiger partial charge in [-0.05, 0) is 36.4 Å². The second-order valence-electron chi connectivity index (χ2n) is 6.99. The average Bonchev–Trinajstić information content (AvgIpc) is 2.64. The van der Waals surface area contributed by atoms with Crippen molar-refractivity contribution in [2.24, 2.45) is 0 Å². The molecule has 162 valence electrons. The Morgan fingerprint density at radius 3 is 1.43 bits per heavy atom. The van der Waals surface area contributed by atoms with Crippen molar-refractivity contribution in [3.63, 3.8) is 0 Å². The number of hydrogen-bond donors (Lipinski definition) is 6. The van der Waals surface area contributed by atoms with Gasteiger partial charge in [0, 0.05) is 48.7 Å². The van der Waals surface area contributed by atoms with E-state index in [2.05, 4.69) is 0 Å². The first-order chi connectivity index (χ1) is 14.1. The van der Waals surface area contributed by atoms with Crippen LogP contribution < -0.4 is 11.5 Å². The van der Waals surface area contributed by atoms with Crippen LogP contribution in [0.15, 0.2) is 36.4 Å². The topological polar surface area (TPSA) is 174 Å². The Kier molecular flexibility index (Phi) is 7.84. The molecule has 2 aromatic carbocycles. The number of rotatable bonds is 11. The zero-order valence-corrected chi connectivity index (χ0v) is 16.4. The number of phenolic OH excluding ortho intramolecular Hbond substituents is 2. The predicted octanol–water partition coefficient (Wildman–Crippen LogP) is 0.736. The third-order valence-electron chi connectivity index (χ3n) is 4.45. The van der Waals surface area contributed by atoms with Gasteiger partial charge in [-0.25, -0.2) is 0 Å². The molecule has 8 N–H and O–H groups in total. The maximum absolute atomic E-state index is 11.3. The number of hydrogen-bond acceptors (Lipinski definition) is 8. The maximum atomic E-state index is 11.3. The highest BCUT2D eigenvalue weighted by Crippen LogP contribution is 2.23. The van der Waals surface area contributed by atoms with Gasteiger partial charge in [0.2, 0.25) is 0 Å². The van der Waals surface area contributed by atoms with Crippen molar-refractivity contribution in [3.8, 4) is 11.5 Å². The molecule has 0 aliphatic heterocycles. The first-order valence-electron chi connectivity index (χ1n) is 9.17. The van der Waals surface area contributed by atoms with E-state index < -0.39 is 11.9 Å². The summed E-state index contributed by atoms with van der Waals surface area (Å²) in [5, 5.41) is 38.4. The number of nitrogens with two attached hydrogens (primary N) is 2. The van der Waals surface area contributed by atoms with Crippen LogP contribution in [0.1, 0.15) is 11.1 Å². The zero-order chi connectivity index (χ0) is 22.3. The van der Waals surface area contributed by atoms with Gasteiger partial charge < -0.3 is 31.9 Å². The number of anilines is 2. The number of nitrogen functional groups attached to an aromatic ring is 2. The maximum Gasteiger partial charge on any atom is 0.317 e. The number of nitrogens with zero attached hydrogens (tertiary/aromatic N) is 2. The molecule has 0 aliphatic rings. The lowest BCUT2D eigenvalue weighted by molar-refractivity contribution is -0.140. The second-order valence-corrected chi connectivity index (χ2v) is 6.99.